The van der Waals surface area contributed by atoms with E-state index < -0.39 is 0 Å². The highest BCUT2D eigenvalue weighted by molar-refractivity contribution is 5.76. The lowest BCUT2D eigenvalue weighted by atomic mass is 9.84. The largest absolute Gasteiger partial charge is 0.497 e. The SMILES string of the molecule is COc1ccc(CCC(=O)NC(C)C2CC3CCC2C3)cc1. The van der Waals surface area contributed by atoms with Crippen molar-refractivity contribution in [1.29, 1.82) is 0 Å². The van der Waals surface area contributed by atoms with Crippen LogP contribution in [-0.2, 0) is 11.2 Å². The fourth-order valence-corrected chi connectivity index (χ4v) is 4.39. The number of amides is 1. The molecule has 3 heteroatoms. The molecule has 2 aliphatic carbocycles. The fraction of sp³-hybridized carbons (Fsp3) is 0.632. The van der Waals surface area contributed by atoms with Gasteiger partial charge in [-0.1, -0.05) is 18.6 Å². The second-order valence-electron chi connectivity index (χ2n) is 7.04. The van der Waals surface area contributed by atoms with Gasteiger partial charge in [0.15, 0.2) is 0 Å². The van der Waals surface area contributed by atoms with Gasteiger partial charge in [0.1, 0.15) is 5.75 Å². The van der Waals surface area contributed by atoms with E-state index in [-0.39, 0.29) is 5.91 Å². The highest BCUT2D eigenvalue weighted by atomic mass is 16.5. The van der Waals surface area contributed by atoms with Crippen molar-refractivity contribution in [2.75, 3.05) is 7.11 Å². The summed E-state index contributed by atoms with van der Waals surface area (Å²) in [6.07, 6.45) is 6.87. The third-order valence-corrected chi connectivity index (χ3v) is 5.62. The molecule has 0 heterocycles. The number of carbonyl (C=O) groups excluding carboxylic acids is 1. The number of benzene rings is 1. The number of rotatable bonds is 6. The van der Waals surface area contributed by atoms with Crippen molar-refractivity contribution in [3.8, 4) is 5.75 Å². The van der Waals surface area contributed by atoms with Gasteiger partial charge in [0.25, 0.3) is 0 Å². The van der Waals surface area contributed by atoms with Crippen molar-refractivity contribution in [2.45, 2.75) is 51.5 Å². The zero-order valence-corrected chi connectivity index (χ0v) is 13.7. The lowest BCUT2D eigenvalue weighted by Crippen LogP contribution is -2.40. The van der Waals surface area contributed by atoms with E-state index in [1.165, 1.54) is 31.2 Å². The highest BCUT2D eigenvalue weighted by Crippen LogP contribution is 2.49. The Kier molecular flexibility index (Phi) is 4.70. The van der Waals surface area contributed by atoms with Gasteiger partial charge in [0, 0.05) is 12.5 Å². The second kappa shape index (κ2) is 6.72. The Morgan fingerprint density at radius 2 is 2.05 bits per heavy atom. The zero-order chi connectivity index (χ0) is 15.5. The van der Waals surface area contributed by atoms with E-state index in [0.29, 0.717) is 18.4 Å². The van der Waals surface area contributed by atoms with Crippen molar-refractivity contribution in [3.63, 3.8) is 0 Å². The summed E-state index contributed by atoms with van der Waals surface area (Å²) in [6.45, 7) is 2.19. The minimum atomic E-state index is 0.186. The molecule has 2 bridgehead atoms. The molecule has 2 fully saturated rings. The van der Waals surface area contributed by atoms with Crippen LogP contribution in [0.2, 0.25) is 0 Å². The van der Waals surface area contributed by atoms with Crippen molar-refractivity contribution in [2.24, 2.45) is 17.8 Å². The van der Waals surface area contributed by atoms with Crippen LogP contribution < -0.4 is 10.1 Å². The molecule has 0 aliphatic heterocycles. The number of fused-ring (bicyclic) bond motifs is 2. The molecule has 1 aromatic rings. The molecule has 1 N–H and O–H groups in total. The first kappa shape index (κ1) is 15.4. The molecule has 3 nitrogen and oxygen atoms in total. The van der Waals surface area contributed by atoms with Gasteiger partial charge in [-0.15, -0.1) is 0 Å². The van der Waals surface area contributed by atoms with Gasteiger partial charge in [-0.2, -0.15) is 0 Å². The Morgan fingerprint density at radius 1 is 1.27 bits per heavy atom. The predicted octanol–water partition coefficient (Wildman–Crippen LogP) is 3.57. The molecule has 22 heavy (non-hydrogen) atoms. The van der Waals surface area contributed by atoms with Crippen LogP contribution in [0.1, 0.15) is 44.6 Å². The van der Waals surface area contributed by atoms with Crippen molar-refractivity contribution < 1.29 is 9.53 Å². The Hall–Kier alpha value is -1.51. The second-order valence-corrected chi connectivity index (χ2v) is 7.04. The molecular formula is C19H27NO2. The maximum absolute atomic E-state index is 12.2. The van der Waals surface area contributed by atoms with Crippen LogP contribution in [0.4, 0.5) is 0 Å². The maximum atomic E-state index is 12.2. The van der Waals surface area contributed by atoms with Crippen LogP contribution in [0, 0.1) is 17.8 Å². The van der Waals surface area contributed by atoms with Gasteiger partial charge < -0.3 is 10.1 Å². The normalized spacial score (nSPS) is 27.6. The zero-order valence-electron chi connectivity index (χ0n) is 13.7. The topological polar surface area (TPSA) is 38.3 Å². The highest BCUT2D eigenvalue weighted by Gasteiger charge is 2.41. The average molecular weight is 301 g/mol. The number of nitrogens with one attached hydrogen (secondary N) is 1. The standard InChI is InChI=1S/C19H27NO2/c1-13(18-12-15-3-7-16(18)11-15)20-19(21)10-6-14-4-8-17(22-2)9-5-14/h4-5,8-9,13,15-16,18H,3,6-7,10-12H2,1-2H3,(H,20,21). The predicted molar refractivity (Wildman–Crippen MR) is 87.9 cm³/mol. The third-order valence-electron chi connectivity index (χ3n) is 5.62. The summed E-state index contributed by atoms with van der Waals surface area (Å²) in [6, 6.07) is 8.30. The summed E-state index contributed by atoms with van der Waals surface area (Å²) in [7, 11) is 1.67. The Balaban J connectivity index is 1.43. The number of carbonyl (C=O) groups is 1. The quantitative estimate of drug-likeness (QED) is 0.872. The van der Waals surface area contributed by atoms with Gasteiger partial charge in [-0.25, -0.2) is 0 Å². The minimum absolute atomic E-state index is 0.186. The molecule has 4 atom stereocenters. The molecule has 2 saturated carbocycles. The van der Waals surface area contributed by atoms with E-state index in [1.807, 2.05) is 24.3 Å². The van der Waals surface area contributed by atoms with E-state index in [2.05, 4.69) is 12.2 Å². The molecule has 3 rings (SSSR count). The van der Waals surface area contributed by atoms with Gasteiger partial charge >= 0.3 is 0 Å². The van der Waals surface area contributed by atoms with Gasteiger partial charge in [0.05, 0.1) is 7.11 Å². The molecule has 2 aliphatic rings. The number of aryl methyl sites for hydroxylation is 1. The first-order valence-electron chi connectivity index (χ1n) is 8.58. The number of methoxy groups -OCH3 is 1. The van der Waals surface area contributed by atoms with E-state index in [1.54, 1.807) is 7.11 Å². The molecule has 0 spiro atoms. The van der Waals surface area contributed by atoms with Crippen LogP contribution in [-0.4, -0.2) is 19.1 Å². The number of hydrogen-bond acceptors (Lipinski definition) is 2. The first-order chi connectivity index (χ1) is 10.7. The lowest BCUT2D eigenvalue weighted by Gasteiger charge is -2.28. The molecule has 1 amide bonds. The third kappa shape index (κ3) is 3.45. The summed E-state index contributed by atoms with van der Waals surface area (Å²) in [5, 5.41) is 3.24. The molecule has 0 radical (unpaired) electrons. The molecule has 0 saturated heterocycles. The van der Waals surface area contributed by atoms with E-state index >= 15 is 0 Å². The Morgan fingerprint density at radius 3 is 2.64 bits per heavy atom. The van der Waals surface area contributed by atoms with Crippen LogP contribution >= 0.6 is 0 Å². The smallest absolute Gasteiger partial charge is 0.220 e. The van der Waals surface area contributed by atoms with E-state index in [0.717, 1.165) is 24.0 Å². The van der Waals surface area contributed by atoms with Gasteiger partial charge in [-0.3, -0.25) is 4.79 Å². The summed E-state index contributed by atoms with van der Waals surface area (Å²) in [4.78, 5) is 12.2. The molecule has 1 aromatic carbocycles. The Bertz CT molecular complexity index is 511. The summed E-state index contributed by atoms with van der Waals surface area (Å²) >= 11 is 0. The minimum Gasteiger partial charge on any atom is -0.497 e. The van der Waals surface area contributed by atoms with Crippen LogP contribution in [0.25, 0.3) is 0 Å². The van der Waals surface area contributed by atoms with Crippen LogP contribution in [0.15, 0.2) is 24.3 Å². The number of hydrogen-bond donors (Lipinski definition) is 1. The summed E-state index contributed by atoms with van der Waals surface area (Å²) < 4.78 is 5.15. The van der Waals surface area contributed by atoms with E-state index in [9.17, 15) is 4.79 Å². The van der Waals surface area contributed by atoms with Crippen molar-refractivity contribution in [3.05, 3.63) is 29.8 Å². The maximum Gasteiger partial charge on any atom is 0.220 e. The molecular weight excluding hydrogens is 274 g/mol. The molecule has 4 unspecified atom stereocenters. The van der Waals surface area contributed by atoms with Crippen LogP contribution in [0.3, 0.4) is 0 Å². The average Bonchev–Trinajstić information content (AvgIpc) is 3.16. The monoisotopic (exact) mass is 301 g/mol. The number of ether oxygens (including phenoxy) is 1. The molecule has 120 valence electrons. The van der Waals surface area contributed by atoms with Crippen molar-refractivity contribution in [1.82, 2.24) is 5.32 Å². The summed E-state index contributed by atoms with van der Waals surface area (Å²) in [5.41, 5.74) is 1.18. The van der Waals surface area contributed by atoms with Gasteiger partial charge in [-0.05, 0) is 68.1 Å². The first-order valence-corrected chi connectivity index (χ1v) is 8.58. The lowest BCUT2D eigenvalue weighted by molar-refractivity contribution is -0.122. The summed E-state index contributed by atoms with van der Waals surface area (Å²) in [5.74, 6) is 3.56. The molecule has 0 aromatic heterocycles. The van der Waals surface area contributed by atoms with Gasteiger partial charge in [0.2, 0.25) is 5.91 Å². The van der Waals surface area contributed by atoms with Crippen molar-refractivity contribution >= 4 is 5.91 Å². The fourth-order valence-electron chi connectivity index (χ4n) is 4.39. The Labute approximate surface area is 133 Å². The van der Waals surface area contributed by atoms with E-state index in [4.69, 9.17) is 4.74 Å². The van der Waals surface area contributed by atoms with Crippen LogP contribution in [0.5, 0.6) is 5.75 Å².